The van der Waals surface area contributed by atoms with Crippen molar-refractivity contribution in [2.45, 2.75) is 25.3 Å². The number of hydrogen-bond acceptors (Lipinski definition) is 5. The molecule has 21 heavy (non-hydrogen) atoms. The van der Waals surface area contributed by atoms with Crippen LogP contribution in [0.1, 0.15) is 34.9 Å². The van der Waals surface area contributed by atoms with Gasteiger partial charge in [-0.05, 0) is 48.4 Å². The van der Waals surface area contributed by atoms with Crippen molar-refractivity contribution in [1.82, 2.24) is 0 Å². The lowest BCUT2D eigenvalue weighted by Crippen LogP contribution is -2.16. The van der Waals surface area contributed by atoms with Crippen LogP contribution in [-0.2, 0) is 6.42 Å². The Morgan fingerprint density at radius 1 is 1.43 bits per heavy atom. The summed E-state index contributed by atoms with van der Waals surface area (Å²) in [7, 11) is 0. The zero-order valence-corrected chi connectivity index (χ0v) is 12.0. The smallest absolute Gasteiger partial charge is 0.292 e. The molecular formula is C15H13N3O2S. The number of nitro benzene ring substituents is 1. The quantitative estimate of drug-likeness (QED) is 0.685. The molecule has 1 atom stereocenters. The lowest BCUT2D eigenvalue weighted by atomic mass is 9.93. The van der Waals surface area contributed by atoms with Gasteiger partial charge in [-0.15, -0.1) is 11.3 Å². The van der Waals surface area contributed by atoms with Crippen LogP contribution in [0.2, 0.25) is 0 Å². The topological polar surface area (TPSA) is 79.0 Å². The highest BCUT2D eigenvalue weighted by atomic mass is 32.1. The molecule has 1 heterocycles. The molecule has 0 amide bonds. The first-order chi connectivity index (χ1) is 10.2. The number of benzene rings is 1. The first-order valence-corrected chi connectivity index (χ1v) is 7.58. The number of nitriles is 1. The average Bonchev–Trinajstić information content (AvgIpc) is 2.96. The van der Waals surface area contributed by atoms with Crippen LogP contribution >= 0.6 is 11.3 Å². The Labute approximate surface area is 126 Å². The van der Waals surface area contributed by atoms with Crippen molar-refractivity contribution >= 4 is 22.7 Å². The summed E-state index contributed by atoms with van der Waals surface area (Å²) in [6.07, 6.45) is 3.08. The molecule has 0 saturated carbocycles. The van der Waals surface area contributed by atoms with Crippen LogP contribution in [-0.4, -0.2) is 4.92 Å². The van der Waals surface area contributed by atoms with Gasteiger partial charge in [0.2, 0.25) is 0 Å². The molecule has 0 fully saturated rings. The van der Waals surface area contributed by atoms with Crippen molar-refractivity contribution in [3.05, 3.63) is 55.8 Å². The van der Waals surface area contributed by atoms with E-state index in [1.807, 2.05) is 6.07 Å². The first kappa shape index (κ1) is 13.6. The second-order valence-electron chi connectivity index (χ2n) is 4.99. The Hall–Kier alpha value is -2.39. The molecule has 3 rings (SSSR count). The summed E-state index contributed by atoms with van der Waals surface area (Å²) in [6.45, 7) is 0. The molecule has 2 aromatic rings. The highest BCUT2D eigenvalue weighted by molar-refractivity contribution is 7.10. The van der Waals surface area contributed by atoms with Gasteiger partial charge in [0, 0.05) is 10.9 Å². The van der Waals surface area contributed by atoms with Crippen molar-refractivity contribution in [2.75, 3.05) is 5.32 Å². The number of hydrogen-bond donors (Lipinski definition) is 1. The molecule has 1 aromatic heterocycles. The molecule has 1 unspecified atom stereocenters. The maximum atomic E-state index is 11.1. The van der Waals surface area contributed by atoms with E-state index in [2.05, 4.69) is 16.8 Å². The van der Waals surface area contributed by atoms with E-state index in [1.165, 1.54) is 22.6 Å². The molecule has 1 aliphatic rings. The van der Waals surface area contributed by atoms with E-state index in [1.54, 1.807) is 17.4 Å². The van der Waals surface area contributed by atoms with Crippen LogP contribution in [0, 0.1) is 21.4 Å². The molecule has 106 valence electrons. The van der Waals surface area contributed by atoms with Gasteiger partial charge < -0.3 is 5.32 Å². The second-order valence-corrected chi connectivity index (χ2v) is 5.99. The molecule has 0 aliphatic heterocycles. The summed E-state index contributed by atoms with van der Waals surface area (Å²) < 4.78 is 0. The van der Waals surface area contributed by atoms with Gasteiger partial charge in [0.25, 0.3) is 5.69 Å². The van der Waals surface area contributed by atoms with Gasteiger partial charge in [0.1, 0.15) is 5.69 Å². The Balaban J connectivity index is 1.96. The number of thiophene rings is 1. The largest absolute Gasteiger partial charge is 0.373 e. The summed E-state index contributed by atoms with van der Waals surface area (Å²) in [4.78, 5) is 12.1. The van der Waals surface area contributed by atoms with Gasteiger partial charge in [0.05, 0.1) is 22.6 Å². The van der Waals surface area contributed by atoms with Gasteiger partial charge in [-0.1, -0.05) is 0 Å². The van der Waals surface area contributed by atoms with Gasteiger partial charge in [-0.2, -0.15) is 5.26 Å². The van der Waals surface area contributed by atoms with E-state index >= 15 is 0 Å². The Kier molecular flexibility index (Phi) is 3.59. The third kappa shape index (κ3) is 2.60. The molecule has 0 saturated heterocycles. The van der Waals surface area contributed by atoms with Crippen LogP contribution in [0.15, 0.2) is 29.6 Å². The minimum atomic E-state index is -0.416. The number of nitrogens with one attached hydrogen (secondary N) is 1. The maximum absolute atomic E-state index is 11.1. The maximum Gasteiger partial charge on any atom is 0.292 e. The Bertz CT molecular complexity index is 733. The van der Waals surface area contributed by atoms with Crippen LogP contribution in [0.3, 0.4) is 0 Å². The third-order valence-corrected chi connectivity index (χ3v) is 4.70. The van der Waals surface area contributed by atoms with Crippen molar-refractivity contribution in [3.8, 4) is 6.07 Å². The summed E-state index contributed by atoms with van der Waals surface area (Å²) in [5, 5.41) is 25.4. The van der Waals surface area contributed by atoms with Gasteiger partial charge >= 0.3 is 0 Å². The van der Waals surface area contributed by atoms with Gasteiger partial charge in [-0.3, -0.25) is 10.1 Å². The first-order valence-electron chi connectivity index (χ1n) is 6.70. The molecule has 6 heteroatoms. The molecule has 0 radical (unpaired) electrons. The fraction of sp³-hybridized carbons (Fsp3) is 0.267. The van der Waals surface area contributed by atoms with Crippen LogP contribution in [0.25, 0.3) is 0 Å². The molecule has 1 aliphatic carbocycles. The van der Waals surface area contributed by atoms with Crippen LogP contribution in [0.4, 0.5) is 11.4 Å². The SMILES string of the molecule is N#Cc1ccc([N+](=O)[O-])c(NC2CCCc3sccc32)c1. The van der Waals surface area contributed by atoms with E-state index in [0.717, 1.165) is 19.3 Å². The molecule has 0 bridgehead atoms. The summed E-state index contributed by atoms with van der Waals surface area (Å²) >= 11 is 1.73. The van der Waals surface area contributed by atoms with E-state index in [0.29, 0.717) is 11.3 Å². The number of nitro groups is 1. The van der Waals surface area contributed by atoms with Crippen molar-refractivity contribution < 1.29 is 4.92 Å². The monoisotopic (exact) mass is 299 g/mol. The van der Waals surface area contributed by atoms with Gasteiger partial charge in [0.15, 0.2) is 0 Å². The lowest BCUT2D eigenvalue weighted by molar-refractivity contribution is -0.384. The zero-order chi connectivity index (χ0) is 14.8. The van der Waals surface area contributed by atoms with Crippen molar-refractivity contribution in [1.29, 1.82) is 5.26 Å². The number of anilines is 1. The Morgan fingerprint density at radius 3 is 3.05 bits per heavy atom. The number of fused-ring (bicyclic) bond motifs is 1. The van der Waals surface area contributed by atoms with Crippen LogP contribution < -0.4 is 5.32 Å². The predicted octanol–water partition coefficient (Wildman–Crippen LogP) is 4.02. The molecular weight excluding hydrogens is 286 g/mol. The van der Waals surface area contributed by atoms with Gasteiger partial charge in [-0.25, -0.2) is 0 Å². The molecule has 5 nitrogen and oxygen atoms in total. The van der Waals surface area contributed by atoms with E-state index in [-0.39, 0.29) is 11.7 Å². The van der Waals surface area contributed by atoms with E-state index in [4.69, 9.17) is 5.26 Å². The predicted molar refractivity (Wildman–Crippen MR) is 81.4 cm³/mol. The van der Waals surface area contributed by atoms with Crippen LogP contribution in [0.5, 0.6) is 0 Å². The molecule has 0 spiro atoms. The molecule has 1 aromatic carbocycles. The Morgan fingerprint density at radius 2 is 2.29 bits per heavy atom. The number of rotatable bonds is 3. The minimum Gasteiger partial charge on any atom is -0.373 e. The summed E-state index contributed by atoms with van der Waals surface area (Å²) in [6, 6.07) is 8.59. The third-order valence-electron chi connectivity index (χ3n) is 3.70. The summed E-state index contributed by atoms with van der Waals surface area (Å²) in [5.74, 6) is 0. The van der Waals surface area contributed by atoms with E-state index < -0.39 is 4.92 Å². The fourth-order valence-corrected chi connectivity index (χ4v) is 3.69. The second kappa shape index (κ2) is 5.54. The standard InChI is InChI=1S/C15H13N3O2S/c16-9-10-4-5-14(18(19)20)13(8-10)17-12-2-1-3-15-11(12)6-7-21-15/h4-8,12,17H,1-3H2. The highest BCUT2D eigenvalue weighted by Gasteiger charge is 2.24. The number of aryl methyl sites for hydroxylation is 1. The summed E-state index contributed by atoms with van der Waals surface area (Å²) in [5.41, 5.74) is 2.08. The number of nitrogens with zero attached hydrogens (tertiary/aromatic N) is 2. The molecule has 1 N–H and O–H groups in total. The van der Waals surface area contributed by atoms with Crippen molar-refractivity contribution in [2.24, 2.45) is 0 Å². The highest BCUT2D eigenvalue weighted by Crippen LogP contribution is 2.37. The fourth-order valence-electron chi connectivity index (χ4n) is 2.70. The zero-order valence-electron chi connectivity index (χ0n) is 11.2. The van der Waals surface area contributed by atoms with Crippen molar-refractivity contribution in [3.63, 3.8) is 0 Å². The lowest BCUT2D eigenvalue weighted by Gasteiger charge is -2.24. The minimum absolute atomic E-state index is 0.0105. The average molecular weight is 299 g/mol. The van der Waals surface area contributed by atoms with E-state index in [9.17, 15) is 10.1 Å². The normalized spacial score (nSPS) is 16.8.